The van der Waals surface area contributed by atoms with Crippen molar-refractivity contribution in [2.24, 2.45) is 0 Å². The third kappa shape index (κ3) is 4.10. The zero-order chi connectivity index (χ0) is 17.5. The van der Waals surface area contributed by atoms with Gasteiger partial charge in [-0.2, -0.15) is 0 Å². The molecule has 0 amide bonds. The van der Waals surface area contributed by atoms with E-state index >= 15 is 0 Å². The Bertz CT molecular complexity index is 767. The van der Waals surface area contributed by atoms with Crippen LogP contribution in [0.5, 0.6) is 17.2 Å². The number of carbonyl (C=O) groups is 1. The molecule has 24 heavy (non-hydrogen) atoms. The Balaban J connectivity index is 2.09. The molecule has 0 unspecified atom stereocenters. The number of ether oxygens (including phenoxy) is 3. The highest BCUT2D eigenvalue weighted by Gasteiger charge is 2.09. The maximum atomic E-state index is 11.8. The summed E-state index contributed by atoms with van der Waals surface area (Å²) in [6.45, 7) is 0. The molecule has 0 aliphatic heterocycles. The Morgan fingerprint density at radius 2 is 1.79 bits per heavy atom. The second kappa shape index (κ2) is 7.77. The van der Waals surface area contributed by atoms with Crippen LogP contribution >= 0.6 is 0 Å². The van der Waals surface area contributed by atoms with E-state index in [1.165, 1.54) is 50.6 Å². The summed E-state index contributed by atoms with van der Waals surface area (Å²) in [4.78, 5) is 21.9. The van der Waals surface area contributed by atoms with Gasteiger partial charge in [0.1, 0.15) is 5.75 Å². The van der Waals surface area contributed by atoms with Crippen LogP contribution in [-0.2, 0) is 4.79 Å². The van der Waals surface area contributed by atoms with Crippen LogP contribution in [0.2, 0.25) is 0 Å². The number of hydrogen-bond donors (Lipinski definition) is 0. The van der Waals surface area contributed by atoms with Crippen molar-refractivity contribution in [3.63, 3.8) is 0 Å². The second-order valence-corrected chi connectivity index (χ2v) is 4.59. The van der Waals surface area contributed by atoms with Crippen molar-refractivity contribution in [1.82, 2.24) is 0 Å². The van der Waals surface area contributed by atoms with E-state index in [9.17, 15) is 14.9 Å². The van der Waals surface area contributed by atoms with Crippen molar-refractivity contribution in [3.05, 3.63) is 64.2 Å². The Labute approximate surface area is 138 Å². The van der Waals surface area contributed by atoms with Gasteiger partial charge in [0.15, 0.2) is 11.5 Å². The summed E-state index contributed by atoms with van der Waals surface area (Å²) in [7, 11) is 3.03. The van der Waals surface area contributed by atoms with E-state index in [1.54, 1.807) is 18.2 Å². The van der Waals surface area contributed by atoms with Gasteiger partial charge in [0.2, 0.25) is 0 Å². The number of nitrogens with zero attached hydrogens (tertiary/aromatic N) is 1. The quantitative estimate of drug-likeness (QED) is 0.266. The van der Waals surface area contributed by atoms with Crippen molar-refractivity contribution in [2.45, 2.75) is 0 Å². The van der Waals surface area contributed by atoms with E-state index in [2.05, 4.69) is 0 Å². The highest BCUT2D eigenvalue weighted by molar-refractivity contribution is 5.89. The zero-order valence-corrected chi connectivity index (χ0v) is 13.1. The minimum atomic E-state index is -0.617. The van der Waals surface area contributed by atoms with Gasteiger partial charge in [0.05, 0.1) is 19.1 Å². The topological polar surface area (TPSA) is 87.9 Å². The summed E-state index contributed by atoms with van der Waals surface area (Å²) in [5.74, 6) is 0.643. The molecule has 0 heterocycles. The van der Waals surface area contributed by atoms with Gasteiger partial charge in [-0.1, -0.05) is 12.1 Å². The first-order chi connectivity index (χ1) is 11.5. The predicted molar refractivity (Wildman–Crippen MR) is 87.3 cm³/mol. The number of para-hydroxylation sites is 1. The standard InChI is InChI=1S/C17H15NO6/c1-22-15-5-3-4-12(17(15)23-2)6-11-16(19)24-14-9-7-13(8-10-14)18(20)21/h3-11H,1-2H3/b11-6+. The second-order valence-electron chi connectivity index (χ2n) is 4.59. The highest BCUT2D eigenvalue weighted by Crippen LogP contribution is 2.31. The predicted octanol–water partition coefficient (Wildman–Crippen LogP) is 3.23. The molecule has 0 aliphatic rings. The van der Waals surface area contributed by atoms with E-state index in [0.29, 0.717) is 17.1 Å². The molecule has 2 rings (SSSR count). The molecule has 2 aromatic rings. The van der Waals surface area contributed by atoms with E-state index in [4.69, 9.17) is 14.2 Å². The molecular weight excluding hydrogens is 314 g/mol. The molecule has 124 valence electrons. The van der Waals surface area contributed by atoms with Gasteiger partial charge >= 0.3 is 5.97 Å². The molecule has 0 saturated carbocycles. The third-order valence-electron chi connectivity index (χ3n) is 3.10. The average molecular weight is 329 g/mol. The number of nitro groups is 1. The lowest BCUT2D eigenvalue weighted by Crippen LogP contribution is -2.03. The average Bonchev–Trinajstić information content (AvgIpc) is 2.59. The lowest BCUT2D eigenvalue weighted by atomic mass is 10.1. The van der Waals surface area contributed by atoms with Crippen LogP contribution < -0.4 is 14.2 Å². The number of carbonyl (C=O) groups excluding carboxylic acids is 1. The van der Waals surface area contributed by atoms with Crippen molar-refractivity contribution < 1.29 is 23.9 Å². The maximum absolute atomic E-state index is 11.8. The summed E-state index contributed by atoms with van der Waals surface area (Å²) in [5.41, 5.74) is 0.573. The number of esters is 1. The SMILES string of the molecule is COc1cccc(/C=C/C(=O)Oc2ccc([N+](=O)[O-])cc2)c1OC. The Morgan fingerprint density at radius 3 is 2.38 bits per heavy atom. The van der Waals surface area contributed by atoms with Crippen molar-refractivity contribution in [2.75, 3.05) is 14.2 Å². The first kappa shape index (κ1) is 17.0. The molecule has 7 nitrogen and oxygen atoms in total. The van der Waals surface area contributed by atoms with Crippen LogP contribution in [-0.4, -0.2) is 25.1 Å². The minimum Gasteiger partial charge on any atom is -0.493 e. The molecule has 0 fully saturated rings. The fourth-order valence-corrected chi connectivity index (χ4v) is 1.99. The van der Waals surface area contributed by atoms with Crippen LogP contribution in [0, 0.1) is 10.1 Å². The Kier molecular flexibility index (Phi) is 5.51. The summed E-state index contributed by atoms with van der Waals surface area (Å²) in [6, 6.07) is 10.5. The van der Waals surface area contributed by atoms with Gasteiger partial charge in [-0.3, -0.25) is 10.1 Å². The number of rotatable bonds is 6. The maximum Gasteiger partial charge on any atom is 0.336 e. The number of nitro benzene ring substituents is 1. The minimum absolute atomic E-state index is 0.0774. The summed E-state index contributed by atoms with van der Waals surface area (Å²) < 4.78 is 15.5. The van der Waals surface area contributed by atoms with Crippen LogP contribution in [0.4, 0.5) is 5.69 Å². The van der Waals surface area contributed by atoms with Crippen molar-refractivity contribution in [1.29, 1.82) is 0 Å². The van der Waals surface area contributed by atoms with Gasteiger partial charge in [-0.05, 0) is 24.3 Å². The number of benzene rings is 2. The lowest BCUT2D eigenvalue weighted by Gasteiger charge is -2.09. The molecule has 2 aromatic carbocycles. The molecule has 0 spiro atoms. The van der Waals surface area contributed by atoms with E-state index in [1.807, 2.05) is 0 Å². The van der Waals surface area contributed by atoms with Gasteiger partial charge in [-0.25, -0.2) is 4.79 Å². The summed E-state index contributed by atoms with van der Waals surface area (Å²) in [6.07, 6.45) is 2.77. The lowest BCUT2D eigenvalue weighted by molar-refractivity contribution is -0.384. The smallest absolute Gasteiger partial charge is 0.336 e. The third-order valence-corrected chi connectivity index (χ3v) is 3.10. The molecule has 0 bridgehead atoms. The molecule has 0 aliphatic carbocycles. The molecular formula is C17H15NO6. The molecule has 0 radical (unpaired) electrons. The Hall–Kier alpha value is -3.35. The van der Waals surface area contributed by atoms with Crippen LogP contribution in [0.3, 0.4) is 0 Å². The first-order valence-corrected chi connectivity index (χ1v) is 6.90. The van der Waals surface area contributed by atoms with E-state index in [0.717, 1.165) is 0 Å². The normalized spacial score (nSPS) is 10.4. The van der Waals surface area contributed by atoms with Gasteiger partial charge in [-0.15, -0.1) is 0 Å². The van der Waals surface area contributed by atoms with Crippen molar-refractivity contribution in [3.8, 4) is 17.2 Å². The fourth-order valence-electron chi connectivity index (χ4n) is 1.99. The molecule has 0 saturated heterocycles. The number of methoxy groups -OCH3 is 2. The van der Waals surface area contributed by atoms with Crippen LogP contribution in [0.15, 0.2) is 48.5 Å². The highest BCUT2D eigenvalue weighted by atomic mass is 16.6. The molecule has 0 aromatic heterocycles. The van der Waals surface area contributed by atoms with E-state index < -0.39 is 10.9 Å². The number of non-ortho nitro benzene ring substituents is 1. The Morgan fingerprint density at radius 1 is 1.08 bits per heavy atom. The van der Waals surface area contributed by atoms with Crippen LogP contribution in [0.25, 0.3) is 6.08 Å². The first-order valence-electron chi connectivity index (χ1n) is 6.90. The number of hydrogen-bond acceptors (Lipinski definition) is 6. The molecule has 0 atom stereocenters. The van der Waals surface area contributed by atoms with Crippen LogP contribution in [0.1, 0.15) is 5.56 Å². The largest absolute Gasteiger partial charge is 0.493 e. The van der Waals surface area contributed by atoms with Gasteiger partial charge < -0.3 is 14.2 Å². The van der Waals surface area contributed by atoms with Crippen molar-refractivity contribution >= 4 is 17.7 Å². The monoisotopic (exact) mass is 329 g/mol. The van der Waals surface area contributed by atoms with E-state index in [-0.39, 0.29) is 11.4 Å². The summed E-state index contributed by atoms with van der Waals surface area (Å²) in [5, 5.41) is 10.6. The molecule has 0 N–H and O–H groups in total. The van der Waals surface area contributed by atoms with Gasteiger partial charge in [0.25, 0.3) is 5.69 Å². The van der Waals surface area contributed by atoms with Gasteiger partial charge in [0, 0.05) is 23.8 Å². The zero-order valence-electron chi connectivity index (χ0n) is 13.1. The molecule has 7 heteroatoms. The summed E-state index contributed by atoms with van der Waals surface area (Å²) >= 11 is 0. The fraction of sp³-hybridized carbons (Fsp3) is 0.118.